The number of nitrogens with zero attached hydrogens (tertiary/aromatic N) is 1. The average Bonchev–Trinajstić information content (AvgIpc) is 3.15. The van der Waals surface area contributed by atoms with E-state index in [9.17, 15) is 13.2 Å². The van der Waals surface area contributed by atoms with Crippen LogP contribution in [0.3, 0.4) is 0 Å². The minimum absolute atomic E-state index is 0.00911. The average molecular weight is 416 g/mol. The third-order valence-electron chi connectivity index (χ3n) is 4.86. The van der Waals surface area contributed by atoms with E-state index in [0.717, 1.165) is 22.0 Å². The van der Waals surface area contributed by atoms with E-state index in [-0.39, 0.29) is 28.7 Å². The molecule has 0 aromatic heterocycles. The Labute approximate surface area is 168 Å². The third-order valence-corrected chi connectivity index (χ3v) is 8.00. The van der Waals surface area contributed by atoms with Crippen molar-refractivity contribution in [2.75, 3.05) is 16.8 Å². The van der Waals surface area contributed by atoms with Gasteiger partial charge in [-0.05, 0) is 30.2 Å². The molecule has 1 saturated heterocycles. The highest BCUT2D eigenvalue weighted by molar-refractivity contribution is 8.15. The number of rotatable bonds is 4. The van der Waals surface area contributed by atoms with Gasteiger partial charge in [0.1, 0.15) is 0 Å². The van der Waals surface area contributed by atoms with Gasteiger partial charge in [0.25, 0.3) is 5.91 Å². The zero-order chi connectivity index (χ0) is 19.7. The fourth-order valence-corrected chi connectivity index (χ4v) is 6.98. The molecule has 2 aromatic carbocycles. The molecule has 0 unspecified atom stereocenters. The predicted molar refractivity (Wildman–Crippen MR) is 114 cm³/mol. The summed E-state index contributed by atoms with van der Waals surface area (Å²) in [6.07, 6.45) is 0. The van der Waals surface area contributed by atoms with Crippen molar-refractivity contribution >= 4 is 38.4 Å². The number of carbonyl (C=O) groups excluding carboxylic acids is 1. The van der Waals surface area contributed by atoms with Crippen molar-refractivity contribution in [1.29, 1.82) is 0 Å². The topological polar surface area (TPSA) is 87.6 Å². The van der Waals surface area contributed by atoms with Gasteiger partial charge in [-0.2, -0.15) is 0 Å². The van der Waals surface area contributed by atoms with Crippen molar-refractivity contribution in [2.45, 2.75) is 24.8 Å². The Morgan fingerprint density at radius 1 is 1.18 bits per heavy atom. The smallest absolute Gasteiger partial charge is 0.251 e. The summed E-state index contributed by atoms with van der Waals surface area (Å²) in [5.74, 6) is 0.158. The lowest BCUT2D eigenvalue weighted by Crippen LogP contribution is -2.23. The van der Waals surface area contributed by atoms with Gasteiger partial charge in [0.2, 0.25) is 0 Å². The van der Waals surface area contributed by atoms with Crippen LogP contribution in [0.15, 0.2) is 53.5 Å². The van der Waals surface area contributed by atoms with Crippen molar-refractivity contribution in [2.24, 2.45) is 4.99 Å². The quantitative estimate of drug-likeness (QED) is 0.802. The highest BCUT2D eigenvalue weighted by atomic mass is 32.2. The normalized spacial score (nSPS) is 22.4. The fourth-order valence-electron chi connectivity index (χ4n) is 3.31. The summed E-state index contributed by atoms with van der Waals surface area (Å²) in [5, 5.41) is 6.91. The fraction of sp³-hybridized carbons (Fsp3) is 0.300. The van der Waals surface area contributed by atoms with Crippen LogP contribution in [0.25, 0.3) is 0 Å². The molecule has 2 heterocycles. The summed E-state index contributed by atoms with van der Waals surface area (Å²) < 4.78 is 23.4. The first-order valence-corrected chi connectivity index (χ1v) is 11.7. The van der Waals surface area contributed by atoms with Crippen LogP contribution >= 0.6 is 11.8 Å². The largest absolute Gasteiger partial charge is 0.348 e. The molecule has 1 fully saturated rings. The van der Waals surface area contributed by atoms with Crippen LogP contribution in [-0.2, 0) is 16.4 Å². The Hall–Kier alpha value is -2.32. The van der Waals surface area contributed by atoms with Crippen LogP contribution in [-0.4, -0.2) is 42.3 Å². The monoisotopic (exact) mass is 415 g/mol. The summed E-state index contributed by atoms with van der Waals surface area (Å²) in [6.45, 7) is 2.43. The Morgan fingerprint density at radius 3 is 2.71 bits per heavy atom. The number of thioether (sulfide) groups is 1. The number of aliphatic imine (C=N–C) groups is 1. The lowest BCUT2D eigenvalue weighted by Gasteiger charge is -2.12. The zero-order valence-corrected chi connectivity index (χ0v) is 17.0. The molecule has 0 radical (unpaired) electrons. The van der Waals surface area contributed by atoms with Gasteiger partial charge in [0, 0.05) is 23.0 Å². The van der Waals surface area contributed by atoms with E-state index in [1.54, 1.807) is 6.07 Å². The number of amides is 1. The Morgan fingerprint density at radius 2 is 1.96 bits per heavy atom. The summed E-state index contributed by atoms with van der Waals surface area (Å²) in [4.78, 5) is 17.0. The highest BCUT2D eigenvalue weighted by Gasteiger charge is 2.42. The van der Waals surface area contributed by atoms with Gasteiger partial charge in [0.15, 0.2) is 15.0 Å². The van der Waals surface area contributed by atoms with Crippen molar-refractivity contribution in [3.05, 3.63) is 65.2 Å². The summed E-state index contributed by atoms with van der Waals surface area (Å²) in [5.41, 5.74) is 3.41. The second-order valence-corrected chi connectivity index (χ2v) is 10.4. The number of carbonyl (C=O) groups is 1. The Kier molecular flexibility index (Phi) is 5.16. The number of amidine groups is 1. The van der Waals surface area contributed by atoms with Crippen LogP contribution in [0.2, 0.25) is 0 Å². The number of fused-ring (bicyclic) bond motifs is 1. The maximum atomic E-state index is 12.5. The molecule has 6 nitrogen and oxygen atoms in total. The number of hydrogen-bond donors (Lipinski definition) is 2. The molecule has 0 aliphatic carbocycles. The van der Waals surface area contributed by atoms with E-state index in [0.29, 0.717) is 12.1 Å². The molecule has 0 bridgehead atoms. The lowest BCUT2D eigenvalue weighted by molar-refractivity contribution is 0.0951. The molecule has 2 atom stereocenters. The van der Waals surface area contributed by atoms with Crippen molar-refractivity contribution in [3.63, 3.8) is 0 Å². The van der Waals surface area contributed by atoms with Gasteiger partial charge < -0.3 is 10.6 Å². The summed E-state index contributed by atoms with van der Waals surface area (Å²) in [7, 11) is -2.97. The van der Waals surface area contributed by atoms with Crippen molar-refractivity contribution in [3.8, 4) is 0 Å². The summed E-state index contributed by atoms with van der Waals surface area (Å²) >= 11 is 1.47. The van der Waals surface area contributed by atoms with Gasteiger partial charge in [-0.25, -0.2) is 8.42 Å². The van der Waals surface area contributed by atoms with Crippen molar-refractivity contribution < 1.29 is 13.2 Å². The molecular weight excluding hydrogens is 394 g/mol. The molecule has 2 aliphatic heterocycles. The number of nitrogens with one attached hydrogen (secondary N) is 2. The maximum absolute atomic E-state index is 12.5. The molecular formula is C20H21N3O3S2. The van der Waals surface area contributed by atoms with Gasteiger partial charge in [-0.1, -0.05) is 48.2 Å². The van der Waals surface area contributed by atoms with E-state index in [2.05, 4.69) is 15.6 Å². The molecule has 2 N–H and O–H groups in total. The van der Waals surface area contributed by atoms with Crippen LogP contribution in [0, 0.1) is 6.92 Å². The molecule has 8 heteroatoms. The molecule has 2 aromatic rings. The second kappa shape index (κ2) is 7.60. The van der Waals surface area contributed by atoms with E-state index in [1.165, 1.54) is 11.8 Å². The highest BCUT2D eigenvalue weighted by Crippen LogP contribution is 2.35. The van der Waals surface area contributed by atoms with E-state index in [1.807, 2.05) is 49.4 Å². The van der Waals surface area contributed by atoms with Crippen molar-refractivity contribution in [1.82, 2.24) is 5.32 Å². The first-order chi connectivity index (χ1) is 13.4. The van der Waals surface area contributed by atoms with Gasteiger partial charge >= 0.3 is 0 Å². The van der Waals surface area contributed by atoms with Crippen LogP contribution < -0.4 is 10.6 Å². The first kappa shape index (κ1) is 19.0. The summed E-state index contributed by atoms with van der Waals surface area (Å²) in [6, 6.07) is 15.1. The Bertz CT molecular complexity index is 1040. The van der Waals surface area contributed by atoms with Gasteiger partial charge in [-0.3, -0.25) is 9.79 Å². The first-order valence-electron chi connectivity index (χ1n) is 9.04. The van der Waals surface area contributed by atoms with Crippen LogP contribution in [0.1, 0.15) is 21.5 Å². The van der Waals surface area contributed by atoms with E-state index >= 15 is 0 Å². The predicted octanol–water partition coefficient (Wildman–Crippen LogP) is 2.61. The Balaban J connectivity index is 1.43. The SMILES string of the molecule is Cc1ccc(C(=O)NCc2ccccc2)cc1NC1=N[C@@H]2CS(=O)(=O)C[C@@H]2S1. The second-order valence-electron chi connectivity index (χ2n) is 7.06. The minimum Gasteiger partial charge on any atom is -0.348 e. The molecule has 28 heavy (non-hydrogen) atoms. The molecule has 0 saturated carbocycles. The molecule has 0 spiro atoms. The van der Waals surface area contributed by atoms with Crippen LogP contribution in [0.5, 0.6) is 0 Å². The number of sulfone groups is 1. The maximum Gasteiger partial charge on any atom is 0.251 e. The van der Waals surface area contributed by atoms with E-state index in [4.69, 9.17) is 0 Å². The van der Waals surface area contributed by atoms with Crippen LogP contribution in [0.4, 0.5) is 5.69 Å². The molecule has 146 valence electrons. The lowest BCUT2D eigenvalue weighted by atomic mass is 10.1. The standard InChI is InChI=1S/C20H21N3O3S2/c1-13-7-8-15(19(24)21-10-14-5-3-2-4-6-14)9-16(13)22-20-23-17-11-28(25,26)12-18(17)27-20/h2-9,17-18H,10-12H2,1H3,(H,21,24)(H,22,23)/t17-,18+/m1/s1. The molecule has 4 rings (SSSR count). The zero-order valence-electron chi connectivity index (χ0n) is 15.4. The van der Waals surface area contributed by atoms with E-state index < -0.39 is 9.84 Å². The van der Waals surface area contributed by atoms with Gasteiger partial charge in [-0.15, -0.1) is 0 Å². The molecule has 2 aliphatic rings. The molecule has 1 amide bonds. The van der Waals surface area contributed by atoms with Gasteiger partial charge in [0.05, 0.1) is 17.5 Å². The minimum atomic E-state index is -2.97. The number of benzene rings is 2. The number of aryl methyl sites for hydroxylation is 1. The number of anilines is 1. The third kappa shape index (κ3) is 4.23. The number of hydrogen-bond acceptors (Lipinski definition) is 6.